The topological polar surface area (TPSA) is 75.9 Å². The summed E-state index contributed by atoms with van der Waals surface area (Å²) in [5.74, 6) is -0.215. The van der Waals surface area contributed by atoms with Gasteiger partial charge in [0.2, 0.25) is 11.8 Å². The molecular weight excluding hydrogens is 246 g/mol. The summed E-state index contributed by atoms with van der Waals surface area (Å²) in [7, 11) is 1.63. The minimum Gasteiger partial charge on any atom is -0.381 e. The Bertz CT molecular complexity index is 323. The number of carbonyl (C=O) groups excluding carboxylic acids is 2. The van der Waals surface area contributed by atoms with E-state index in [2.05, 4.69) is 0 Å². The van der Waals surface area contributed by atoms with E-state index < -0.39 is 5.54 Å². The lowest BCUT2D eigenvalue weighted by atomic mass is 9.90. The van der Waals surface area contributed by atoms with E-state index in [-0.39, 0.29) is 18.4 Å². The molecule has 1 heterocycles. The van der Waals surface area contributed by atoms with Crippen molar-refractivity contribution in [2.24, 2.45) is 5.73 Å². The third-order valence-corrected chi connectivity index (χ3v) is 3.65. The number of rotatable bonds is 5. The van der Waals surface area contributed by atoms with Gasteiger partial charge in [-0.1, -0.05) is 0 Å². The fourth-order valence-corrected chi connectivity index (χ4v) is 2.28. The molecule has 0 saturated carbocycles. The first-order valence-electron chi connectivity index (χ1n) is 6.84. The van der Waals surface area contributed by atoms with Crippen molar-refractivity contribution in [3.05, 3.63) is 0 Å². The average molecular weight is 271 g/mol. The van der Waals surface area contributed by atoms with Crippen LogP contribution >= 0.6 is 0 Å². The predicted octanol–water partition coefficient (Wildman–Crippen LogP) is -0.179. The fraction of sp³-hybridized carbons (Fsp3) is 0.846. The minimum atomic E-state index is -0.878. The molecule has 0 radical (unpaired) electrons. The highest BCUT2D eigenvalue weighted by Crippen LogP contribution is 2.19. The summed E-state index contributed by atoms with van der Waals surface area (Å²) in [6.07, 6.45) is 1.02. The summed E-state index contributed by atoms with van der Waals surface area (Å²) in [5, 5.41) is 0. The lowest BCUT2D eigenvalue weighted by molar-refractivity contribution is -0.144. The minimum absolute atomic E-state index is 0.0449. The molecule has 0 aromatic carbocycles. The van der Waals surface area contributed by atoms with Crippen molar-refractivity contribution in [3.8, 4) is 0 Å². The van der Waals surface area contributed by atoms with Gasteiger partial charge < -0.3 is 20.3 Å². The second-order valence-electron chi connectivity index (χ2n) is 5.00. The Morgan fingerprint density at radius 1 is 1.21 bits per heavy atom. The zero-order valence-corrected chi connectivity index (χ0v) is 12.1. The molecule has 0 unspecified atom stereocenters. The molecule has 1 aliphatic rings. The van der Waals surface area contributed by atoms with E-state index in [9.17, 15) is 9.59 Å². The van der Waals surface area contributed by atoms with Crippen LogP contribution in [0.4, 0.5) is 0 Å². The lowest BCUT2D eigenvalue weighted by Gasteiger charge is -2.35. The number of ether oxygens (including phenoxy) is 1. The van der Waals surface area contributed by atoms with E-state index in [1.165, 1.54) is 4.90 Å². The lowest BCUT2D eigenvalue weighted by Crippen LogP contribution is -2.58. The van der Waals surface area contributed by atoms with Gasteiger partial charge in [-0.25, -0.2) is 0 Å². The van der Waals surface area contributed by atoms with Crippen molar-refractivity contribution in [1.82, 2.24) is 9.80 Å². The van der Waals surface area contributed by atoms with Crippen LogP contribution in [0.2, 0.25) is 0 Å². The van der Waals surface area contributed by atoms with Crippen molar-refractivity contribution < 1.29 is 14.3 Å². The monoisotopic (exact) mass is 271 g/mol. The number of amides is 2. The van der Waals surface area contributed by atoms with Crippen LogP contribution in [-0.2, 0) is 14.3 Å². The van der Waals surface area contributed by atoms with Gasteiger partial charge in [-0.2, -0.15) is 0 Å². The number of hydrogen-bond acceptors (Lipinski definition) is 4. The maximum Gasteiger partial charge on any atom is 0.243 e. The summed E-state index contributed by atoms with van der Waals surface area (Å²) in [6, 6.07) is 0. The molecule has 0 aromatic heterocycles. The Hall–Kier alpha value is -1.14. The molecule has 110 valence electrons. The molecule has 6 nitrogen and oxygen atoms in total. The molecule has 0 aliphatic carbocycles. The molecule has 0 bridgehead atoms. The van der Waals surface area contributed by atoms with Crippen LogP contribution in [0.1, 0.15) is 26.7 Å². The van der Waals surface area contributed by atoms with Gasteiger partial charge in [-0.15, -0.1) is 0 Å². The highest BCUT2D eigenvalue weighted by atomic mass is 16.5. The van der Waals surface area contributed by atoms with E-state index >= 15 is 0 Å². The van der Waals surface area contributed by atoms with Crippen LogP contribution in [0.15, 0.2) is 0 Å². The van der Waals surface area contributed by atoms with E-state index in [1.807, 2.05) is 13.8 Å². The normalized spacial score (nSPS) is 17.9. The van der Waals surface area contributed by atoms with Crippen molar-refractivity contribution in [1.29, 1.82) is 0 Å². The van der Waals surface area contributed by atoms with Crippen molar-refractivity contribution in [2.75, 3.05) is 39.9 Å². The number of nitrogens with zero attached hydrogens (tertiary/aromatic N) is 2. The summed E-state index contributed by atoms with van der Waals surface area (Å²) in [5.41, 5.74) is 5.25. The number of hydrogen-bond donors (Lipinski definition) is 1. The van der Waals surface area contributed by atoms with E-state index in [0.29, 0.717) is 39.1 Å². The highest BCUT2D eigenvalue weighted by molar-refractivity contribution is 5.90. The summed E-state index contributed by atoms with van der Waals surface area (Å²) in [4.78, 5) is 27.4. The number of carbonyl (C=O) groups is 2. The fourth-order valence-electron chi connectivity index (χ4n) is 2.28. The van der Waals surface area contributed by atoms with Crippen LogP contribution in [-0.4, -0.2) is 67.0 Å². The predicted molar refractivity (Wildman–Crippen MR) is 72.5 cm³/mol. The van der Waals surface area contributed by atoms with Crippen molar-refractivity contribution >= 4 is 11.8 Å². The van der Waals surface area contributed by atoms with Crippen LogP contribution in [0, 0.1) is 0 Å². The van der Waals surface area contributed by atoms with Gasteiger partial charge >= 0.3 is 0 Å². The molecule has 1 aliphatic heterocycles. The summed E-state index contributed by atoms with van der Waals surface area (Å²) >= 11 is 0. The quantitative estimate of drug-likeness (QED) is 0.752. The molecule has 1 rings (SSSR count). The zero-order valence-electron chi connectivity index (χ0n) is 12.1. The molecule has 2 N–H and O–H groups in total. The van der Waals surface area contributed by atoms with Crippen LogP contribution in [0.3, 0.4) is 0 Å². The molecule has 0 aromatic rings. The molecule has 2 amide bonds. The largest absolute Gasteiger partial charge is 0.381 e. The van der Waals surface area contributed by atoms with Crippen LogP contribution < -0.4 is 5.73 Å². The SMILES string of the molecule is CCN(CC)C(=O)CN(C)C(=O)C1(N)CCOCC1. The van der Waals surface area contributed by atoms with E-state index in [0.717, 1.165) is 0 Å². The van der Waals surface area contributed by atoms with Crippen molar-refractivity contribution in [2.45, 2.75) is 32.2 Å². The van der Waals surface area contributed by atoms with Gasteiger partial charge in [0.1, 0.15) is 0 Å². The summed E-state index contributed by atoms with van der Waals surface area (Å²) < 4.78 is 5.22. The average Bonchev–Trinajstić information content (AvgIpc) is 2.40. The van der Waals surface area contributed by atoms with Gasteiger partial charge in [-0.05, 0) is 26.7 Å². The van der Waals surface area contributed by atoms with E-state index in [4.69, 9.17) is 10.5 Å². The molecule has 1 fully saturated rings. The Morgan fingerprint density at radius 3 is 2.21 bits per heavy atom. The summed E-state index contributed by atoms with van der Waals surface area (Å²) in [6.45, 7) is 6.23. The first-order valence-corrected chi connectivity index (χ1v) is 6.84. The Morgan fingerprint density at radius 2 is 1.74 bits per heavy atom. The number of nitrogens with two attached hydrogens (primary N) is 1. The van der Waals surface area contributed by atoms with Gasteiger partial charge in [0.15, 0.2) is 0 Å². The molecular formula is C13H25N3O3. The maximum atomic E-state index is 12.3. The second-order valence-corrected chi connectivity index (χ2v) is 5.00. The maximum absolute atomic E-state index is 12.3. The highest BCUT2D eigenvalue weighted by Gasteiger charge is 2.38. The van der Waals surface area contributed by atoms with Gasteiger partial charge in [0, 0.05) is 33.4 Å². The third-order valence-electron chi connectivity index (χ3n) is 3.65. The first-order chi connectivity index (χ1) is 8.94. The Labute approximate surface area is 114 Å². The molecule has 19 heavy (non-hydrogen) atoms. The first kappa shape index (κ1) is 15.9. The molecule has 1 saturated heterocycles. The van der Waals surface area contributed by atoms with Crippen molar-refractivity contribution in [3.63, 3.8) is 0 Å². The third kappa shape index (κ3) is 3.91. The van der Waals surface area contributed by atoms with E-state index in [1.54, 1.807) is 11.9 Å². The Balaban J connectivity index is 2.59. The Kier molecular flexibility index (Phi) is 5.75. The number of likely N-dealkylation sites (N-methyl/N-ethyl adjacent to an activating group) is 2. The molecule has 0 spiro atoms. The van der Waals surface area contributed by atoms with Gasteiger partial charge in [0.25, 0.3) is 0 Å². The molecule has 6 heteroatoms. The molecule has 0 atom stereocenters. The second kappa shape index (κ2) is 6.86. The smallest absolute Gasteiger partial charge is 0.243 e. The van der Waals surface area contributed by atoms with Crippen LogP contribution in [0.25, 0.3) is 0 Å². The van der Waals surface area contributed by atoms with Gasteiger partial charge in [-0.3, -0.25) is 9.59 Å². The zero-order chi connectivity index (χ0) is 14.5. The standard InChI is InChI=1S/C13H25N3O3/c1-4-16(5-2)11(17)10-15(3)12(18)13(14)6-8-19-9-7-13/h4-10,14H2,1-3H3. The van der Waals surface area contributed by atoms with Gasteiger partial charge in [0.05, 0.1) is 12.1 Å². The van der Waals surface area contributed by atoms with Crippen LogP contribution in [0.5, 0.6) is 0 Å².